The van der Waals surface area contributed by atoms with Gasteiger partial charge in [0.15, 0.2) is 0 Å². The van der Waals surface area contributed by atoms with Crippen molar-refractivity contribution in [3.63, 3.8) is 0 Å². The number of fused-ring (bicyclic) bond motifs is 1. The fourth-order valence-corrected chi connectivity index (χ4v) is 2.70. The Bertz CT molecular complexity index is 570. The lowest BCUT2D eigenvalue weighted by atomic mass is 9.89. The standard InChI is InChI=1S/C14H15F3N2O2/c15-14(16,17)21-12-6-5-11(19-13-18-7-8-20-13)9-3-1-2-4-10(9)12/h5-6H,1-4,7-8H2,(H,18,19). The summed E-state index contributed by atoms with van der Waals surface area (Å²) in [5.74, 6) is -0.1000. The van der Waals surface area contributed by atoms with Gasteiger partial charge in [-0.15, -0.1) is 13.2 Å². The van der Waals surface area contributed by atoms with Crippen LogP contribution < -0.4 is 10.1 Å². The number of nitrogens with one attached hydrogen (secondary N) is 1. The van der Waals surface area contributed by atoms with Crippen LogP contribution in [0.2, 0.25) is 0 Å². The predicted molar refractivity (Wildman–Crippen MR) is 71.6 cm³/mol. The zero-order chi connectivity index (χ0) is 14.9. The van der Waals surface area contributed by atoms with Crippen molar-refractivity contribution < 1.29 is 22.6 Å². The molecule has 21 heavy (non-hydrogen) atoms. The Kier molecular flexibility index (Phi) is 3.65. The summed E-state index contributed by atoms with van der Waals surface area (Å²) in [6.45, 7) is 1.12. The Labute approximate surface area is 120 Å². The number of alkyl halides is 3. The van der Waals surface area contributed by atoms with Gasteiger partial charge >= 0.3 is 6.36 Å². The van der Waals surface area contributed by atoms with Crippen LogP contribution >= 0.6 is 0 Å². The van der Waals surface area contributed by atoms with E-state index in [9.17, 15) is 13.2 Å². The molecule has 0 radical (unpaired) electrons. The second kappa shape index (κ2) is 5.46. The van der Waals surface area contributed by atoms with Gasteiger partial charge in [-0.1, -0.05) is 0 Å². The van der Waals surface area contributed by atoms with Gasteiger partial charge in [-0.3, -0.25) is 0 Å². The average Bonchev–Trinajstić information content (AvgIpc) is 2.93. The Hall–Kier alpha value is -1.92. The summed E-state index contributed by atoms with van der Waals surface area (Å²) in [6, 6.07) is 3.37. The second-order valence-electron chi connectivity index (χ2n) is 4.98. The van der Waals surface area contributed by atoms with Gasteiger partial charge in [0.25, 0.3) is 6.02 Å². The molecular weight excluding hydrogens is 285 g/mol. The molecule has 4 nitrogen and oxygen atoms in total. The van der Waals surface area contributed by atoms with Crippen molar-refractivity contribution >= 4 is 11.7 Å². The van der Waals surface area contributed by atoms with E-state index in [1.165, 1.54) is 6.07 Å². The zero-order valence-corrected chi connectivity index (χ0v) is 11.3. The quantitative estimate of drug-likeness (QED) is 0.911. The van der Waals surface area contributed by atoms with Gasteiger partial charge in [-0.2, -0.15) is 0 Å². The largest absolute Gasteiger partial charge is 0.573 e. The topological polar surface area (TPSA) is 42.8 Å². The number of hydrogen-bond acceptors (Lipinski definition) is 4. The molecule has 0 fully saturated rings. The number of nitrogens with zero attached hydrogens (tertiary/aromatic N) is 1. The number of anilines is 1. The van der Waals surface area contributed by atoms with Crippen molar-refractivity contribution in [1.82, 2.24) is 0 Å². The molecule has 0 saturated carbocycles. The summed E-state index contributed by atoms with van der Waals surface area (Å²) in [4.78, 5) is 4.13. The summed E-state index contributed by atoms with van der Waals surface area (Å²) >= 11 is 0. The minimum absolute atomic E-state index is 0.1000. The van der Waals surface area contributed by atoms with E-state index in [0.29, 0.717) is 31.2 Å². The first-order chi connectivity index (χ1) is 10.0. The highest BCUT2D eigenvalue weighted by Crippen LogP contribution is 2.37. The van der Waals surface area contributed by atoms with Crippen LogP contribution in [0.15, 0.2) is 17.1 Å². The molecule has 0 atom stereocenters. The van der Waals surface area contributed by atoms with Crippen LogP contribution in [0.3, 0.4) is 0 Å². The van der Waals surface area contributed by atoms with E-state index in [1.807, 2.05) is 0 Å². The van der Waals surface area contributed by atoms with Crippen molar-refractivity contribution in [3.8, 4) is 5.75 Å². The number of amidine groups is 1. The molecule has 0 saturated heterocycles. The molecule has 2 aliphatic rings. The Morgan fingerprint density at radius 2 is 1.90 bits per heavy atom. The van der Waals surface area contributed by atoms with Crippen LogP contribution in [0.1, 0.15) is 24.0 Å². The molecule has 1 aliphatic carbocycles. The van der Waals surface area contributed by atoms with E-state index < -0.39 is 6.36 Å². The minimum atomic E-state index is -4.67. The predicted octanol–water partition coefficient (Wildman–Crippen LogP) is 3.26. The van der Waals surface area contributed by atoms with Crippen LogP contribution in [0.25, 0.3) is 0 Å². The van der Waals surface area contributed by atoms with Gasteiger partial charge in [0.2, 0.25) is 0 Å². The monoisotopic (exact) mass is 300 g/mol. The third-order valence-electron chi connectivity index (χ3n) is 3.54. The summed E-state index contributed by atoms with van der Waals surface area (Å²) < 4.78 is 46.8. The van der Waals surface area contributed by atoms with Crippen molar-refractivity contribution in [2.45, 2.75) is 32.0 Å². The summed E-state index contributed by atoms with van der Waals surface area (Å²) in [7, 11) is 0. The molecule has 1 N–H and O–H groups in total. The van der Waals surface area contributed by atoms with Gasteiger partial charge in [-0.05, 0) is 48.9 Å². The first kappa shape index (κ1) is 14.0. The van der Waals surface area contributed by atoms with Crippen LogP contribution in [0.5, 0.6) is 5.75 Å². The van der Waals surface area contributed by atoms with E-state index >= 15 is 0 Å². The number of rotatable bonds is 2. The molecule has 1 aliphatic heterocycles. The smallest absolute Gasteiger partial charge is 0.463 e. The van der Waals surface area contributed by atoms with Crippen molar-refractivity contribution in [2.75, 3.05) is 18.5 Å². The molecule has 1 aromatic rings. The maximum absolute atomic E-state index is 12.5. The summed E-state index contributed by atoms with van der Waals surface area (Å²) in [5.41, 5.74) is 2.24. The third kappa shape index (κ3) is 3.22. The Morgan fingerprint density at radius 1 is 1.14 bits per heavy atom. The first-order valence-electron chi connectivity index (χ1n) is 6.88. The molecule has 7 heteroatoms. The average molecular weight is 300 g/mol. The third-order valence-corrected chi connectivity index (χ3v) is 3.54. The summed E-state index contributed by atoms with van der Waals surface area (Å²) in [5, 5.41) is 3.05. The van der Waals surface area contributed by atoms with Gasteiger partial charge in [0.05, 0.1) is 6.54 Å². The molecule has 0 bridgehead atoms. The van der Waals surface area contributed by atoms with Gasteiger partial charge < -0.3 is 14.8 Å². The molecule has 114 valence electrons. The molecular formula is C14H15F3N2O2. The lowest BCUT2D eigenvalue weighted by molar-refractivity contribution is -0.274. The van der Waals surface area contributed by atoms with E-state index in [0.717, 1.165) is 30.5 Å². The van der Waals surface area contributed by atoms with Gasteiger partial charge in [0, 0.05) is 5.69 Å². The van der Waals surface area contributed by atoms with Crippen LogP contribution in [0.4, 0.5) is 18.9 Å². The van der Waals surface area contributed by atoms with E-state index in [2.05, 4.69) is 15.0 Å². The molecule has 0 amide bonds. The normalized spacial score (nSPS) is 17.8. The molecule has 1 heterocycles. The molecule has 3 rings (SSSR count). The second-order valence-corrected chi connectivity index (χ2v) is 4.98. The van der Waals surface area contributed by atoms with E-state index in [-0.39, 0.29) is 5.75 Å². The Morgan fingerprint density at radius 3 is 2.57 bits per heavy atom. The fourth-order valence-electron chi connectivity index (χ4n) is 2.70. The summed E-state index contributed by atoms with van der Waals surface area (Å²) in [6.07, 6.45) is -1.55. The molecule has 0 unspecified atom stereocenters. The lowest BCUT2D eigenvalue weighted by Gasteiger charge is -2.23. The zero-order valence-electron chi connectivity index (χ0n) is 11.3. The lowest BCUT2D eigenvalue weighted by Crippen LogP contribution is -2.20. The van der Waals surface area contributed by atoms with Gasteiger partial charge in [0.1, 0.15) is 12.4 Å². The molecule has 0 spiro atoms. The minimum Gasteiger partial charge on any atom is -0.463 e. The highest BCUT2D eigenvalue weighted by molar-refractivity contribution is 5.91. The highest BCUT2D eigenvalue weighted by atomic mass is 19.4. The number of benzene rings is 1. The highest BCUT2D eigenvalue weighted by Gasteiger charge is 2.33. The first-order valence-corrected chi connectivity index (χ1v) is 6.88. The maximum atomic E-state index is 12.5. The Balaban J connectivity index is 1.92. The SMILES string of the molecule is FC(F)(F)Oc1ccc(NC2=NCCO2)c2c1CCCC2. The van der Waals surface area contributed by atoms with Crippen LogP contribution in [-0.2, 0) is 17.6 Å². The molecule has 0 aromatic heterocycles. The van der Waals surface area contributed by atoms with Crippen molar-refractivity contribution in [2.24, 2.45) is 4.99 Å². The molecule has 1 aromatic carbocycles. The van der Waals surface area contributed by atoms with Crippen molar-refractivity contribution in [1.29, 1.82) is 0 Å². The van der Waals surface area contributed by atoms with Gasteiger partial charge in [-0.25, -0.2) is 4.99 Å². The number of halogens is 3. The van der Waals surface area contributed by atoms with Crippen molar-refractivity contribution in [3.05, 3.63) is 23.3 Å². The van der Waals surface area contributed by atoms with E-state index in [4.69, 9.17) is 4.74 Å². The maximum Gasteiger partial charge on any atom is 0.573 e. The number of ether oxygens (including phenoxy) is 2. The van der Waals surface area contributed by atoms with E-state index in [1.54, 1.807) is 6.07 Å². The van der Waals surface area contributed by atoms with Crippen LogP contribution in [-0.4, -0.2) is 25.5 Å². The fraction of sp³-hybridized carbons (Fsp3) is 0.500. The number of hydrogen-bond donors (Lipinski definition) is 1. The number of aliphatic imine (C=N–C) groups is 1. The van der Waals surface area contributed by atoms with Crippen LogP contribution in [0, 0.1) is 0 Å².